The van der Waals surface area contributed by atoms with Crippen molar-refractivity contribution in [2.75, 3.05) is 22.9 Å². The van der Waals surface area contributed by atoms with Crippen LogP contribution in [0.3, 0.4) is 0 Å². The average Bonchev–Trinajstić information content (AvgIpc) is 1.60. The fourth-order valence-corrected chi connectivity index (χ4v) is 19.5. The summed E-state index contributed by atoms with van der Waals surface area (Å²) in [5, 5.41) is 66.4. The van der Waals surface area contributed by atoms with Crippen molar-refractivity contribution in [2.45, 2.75) is 175 Å². The largest absolute Gasteiger partial charge is 1.00 e. The number of benzene rings is 10. The van der Waals surface area contributed by atoms with E-state index in [4.69, 9.17) is 31.4 Å². The number of anilines is 2. The molecule has 708 valence electrons. The molecule has 16 rings (SSSR count). The van der Waals surface area contributed by atoms with Gasteiger partial charge in [-0.3, -0.25) is 9.59 Å². The number of carbonyl (C=O) groups is 2. The molecular formula is C113H119B4KN6O15S+2. The smallest absolute Gasteiger partial charge is 0.537 e. The summed E-state index contributed by atoms with van der Waals surface area (Å²) in [5.74, 6) is 3.93. The van der Waals surface area contributed by atoms with Crippen LogP contribution in [0.15, 0.2) is 349 Å². The van der Waals surface area contributed by atoms with Gasteiger partial charge < -0.3 is 69.4 Å². The molecule has 140 heavy (non-hydrogen) atoms. The van der Waals surface area contributed by atoms with Crippen molar-refractivity contribution in [3.63, 3.8) is 0 Å². The number of para-hydroxylation sites is 4. The van der Waals surface area contributed by atoms with Crippen LogP contribution < -0.4 is 102 Å². The Kier molecular flexibility index (Phi) is 35.4. The van der Waals surface area contributed by atoms with Crippen LogP contribution in [0.4, 0.5) is 22.7 Å². The molecule has 2 amide bonds. The second-order valence-electron chi connectivity index (χ2n) is 37.8. The quantitative estimate of drug-likeness (QED) is 0.00842. The van der Waals surface area contributed by atoms with Crippen molar-refractivity contribution in [1.82, 2.24) is 10.6 Å². The number of nitrogens with one attached hydrogen (secondary N) is 2. The third kappa shape index (κ3) is 24.4. The molecule has 0 spiro atoms. The molecule has 0 saturated heterocycles. The van der Waals surface area contributed by atoms with Crippen LogP contribution in [0, 0.1) is 13.0 Å². The molecule has 4 aliphatic heterocycles. The molecule has 0 saturated carbocycles. The van der Waals surface area contributed by atoms with Gasteiger partial charge in [0.2, 0.25) is 17.5 Å². The first kappa shape index (κ1) is 105. The summed E-state index contributed by atoms with van der Waals surface area (Å²) in [6.07, 6.45) is 24.2. The molecule has 8 N–H and O–H groups in total. The number of carbonyl (C=O) groups excluding carboxylic acids is 2. The van der Waals surface area contributed by atoms with Gasteiger partial charge in [0.25, 0.3) is 0 Å². The second-order valence-corrected chi connectivity index (χ2v) is 38.2. The first-order valence-electron chi connectivity index (χ1n) is 47.0. The molecule has 2 aliphatic carbocycles. The third-order valence-corrected chi connectivity index (χ3v) is 26.8. The Morgan fingerprint density at radius 1 is 0.479 bits per heavy atom. The molecule has 21 nitrogen and oxygen atoms in total. The molecule has 0 fully saturated rings. The predicted octanol–water partition coefficient (Wildman–Crippen LogP) is 14.0. The molecule has 27 heteroatoms. The van der Waals surface area contributed by atoms with Crippen LogP contribution in [0.2, 0.25) is 0 Å². The van der Waals surface area contributed by atoms with Gasteiger partial charge in [0, 0.05) is 105 Å². The minimum atomic E-state index is -3.11. The summed E-state index contributed by atoms with van der Waals surface area (Å²) in [5.41, 5.74) is 25.3. The number of nitrogens with zero attached hydrogens (tertiary/aromatic N) is 4. The fourth-order valence-electron chi connectivity index (χ4n) is 19.5. The summed E-state index contributed by atoms with van der Waals surface area (Å²) in [6, 6.07) is 79.7. The molecule has 6 aliphatic rings. The summed E-state index contributed by atoms with van der Waals surface area (Å²) in [6.45, 7) is 34.0. The van der Waals surface area contributed by atoms with Crippen LogP contribution >= 0.6 is 0 Å². The van der Waals surface area contributed by atoms with E-state index in [0.29, 0.717) is 97.2 Å². The second kappa shape index (κ2) is 47.0. The van der Waals surface area contributed by atoms with Crippen molar-refractivity contribution in [1.29, 1.82) is 0 Å². The van der Waals surface area contributed by atoms with Crippen LogP contribution in [-0.4, -0.2) is 118 Å². The monoisotopic (exact) mass is 1910 g/mol. The number of aryl methyl sites for hydroxylation is 1. The average molecular weight is 1920 g/mol. The first-order valence-corrected chi connectivity index (χ1v) is 48.0. The van der Waals surface area contributed by atoms with E-state index in [1.165, 1.54) is 22.3 Å². The van der Waals surface area contributed by atoms with E-state index < -0.39 is 24.8 Å². The van der Waals surface area contributed by atoms with Crippen molar-refractivity contribution < 1.29 is 132 Å². The molecule has 2 radical (unpaired) electrons. The molecule has 0 unspecified atom stereocenters. The van der Waals surface area contributed by atoms with Gasteiger partial charge in [-0.05, 0) is 226 Å². The van der Waals surface area contributed by atoms with Crippen molar-refractivity contribution in [3.05, 3.63) is 416 Å². The molecule has 0 aromatic heterocycles. The van der Waals surface area contributed by atoms with E-state index in [9.17, 15) is 39.7 Å². The number of hydrogen-bond acceptors (Lipinski definition) is 17. The normalized spacial score (nSPS) is 16.8. The Labute approximate surface area is 869 Å². The minimum Gasteiger partial charge on any atom is -0.537 e. The maximum absolute atomic E-state index is 12.1. The van der Waals surface area contributed by atoms with Crippen LogP contribution in [-0.2, 0) is 80.9 Å². The van der Waals surface area contributed by atoms with Gasteiger partial charge in [-0.2, -0.15) is 22.8 Å². The first-order chi connectivity index (χ1) is 66.7. The molecule has 4 heterocycles. The molecule has 0 atom stereocenters. The predicted molar refractivity (Wildman–Crippen MR) is 553 cm³/mol. The summed E-state index contributed by atoms with van der Waals surface area (Å²) in [7, 11) is -4.83. The van der Waals surface area contributed by atoms with Gasteiger partial charge in [-0.15, -0.1) is 18.7 Å². The van der Waals surface area contributed by atoms with Crippen LogP contribution in [0.1, 0.15) is 169 Å². The fraction of sp³-hybridized carbons (Fsp3) is 0.257. The van der Waals surface area contributed by atoms with E-state index in [-0.39, 0.29) is 84.9 Å². The third-order valence-electron chi connectivity index (χ3n) is 26.8. The van der Waals surface area contributed by atoms with Crippen molar-refractivity contribution in [2.24, 2.45) is 0 Å². The topological polar surface area (TPSA) is 280 Å². The number of allylic oxidation sites excluding steroid dienone is 14. The Hall–Kier alpha value is -12.0. The van der Waals surface area contributed by atoms with Crippen LogP contribution in [0.5, 0.6) is 23.0 Å². The van der Waals surface area contributed by atoms with Crippen LogP contribution in [0.25, 0.3) is 0 Å². The molecular weight excluding hydrogens is 1800 g/mol. The van der Waals surface area contributed by atoms with E-state index >= 15 is 0 Å². The van der Waals surface area contributed by atoms with Crippen molar-refractivity contribution >= 4 is 97.1 Å². The summed E-state index contributed by atoms with van der Waals surface area (Å²) < 4.78 is 55.1. The Balaban J connectivity index is 0.000000226. The number of ether oxygens (including phenoxy) is 2. The molecule has 0 bridgehead atoms. The Bertz CT molecular complexity index is 6790. The van der Waals surface area contributed by atoms with Gasteiger partial charge in [0.05, 0.1) is 17.5 Å². The van der Waals surface area contributed by atoms with E-state index in [1.54, 1.807) is 26.0 Å². The van der Waals surface area contributed by atoms with Gasteiger partial charge in [0.1, 0.15) is 40.2 Å². The Morgan fingerprint density at radius 3 is 1.41 bits per heavy atom. The zero-order valence-electron chi connectivity index (χ0n) is 81.7. The van der Waals surface area contributed by atoms with Gasteiger partial charge in [0.15, 0.2) is 24.5 Å². The van der Waals surface area contributed by atoms with E-state index in [2.05, 4.69) is 239 Å². The maximum Gasteiger partial charge on any atom is 1.00 e. The number of amides is 2. The van der Waals surface area contributed by atoms with E-state index in [1.807, 2.05) is 140 Å². The SMILES string of the molecule is C=C(C)C(=O)NCCc1ccc(OC2=C(/C=C/C3=[N+](Cc4ccccc4B(O)O)c4cc[c-]cc4C3(C)C)CCC/C2=C\C=C2\N(Cc3ccccc3O[B]O)c3ccc(C)cc3C2(C)C)cc1.C=C(C)C(=O)NCCc1ccc(OC2=C(C=CC3=[N+](Cc4ccccc4O[B]O)c4ccccc4C3(C)C)CCCC2=CC=C2N(Cc3ccccc3B(O)O)c3ccccc3C2(C)C)cc1.O=S(=O)=O.[K+]. The Morgan fingerprint density at radius 2 is 0.893 bits per heavy atom. The number of hydrogen-bond donors (Lipinski definition) is 8. The molecule has 10 aromatic rings. The summed E-state index contributed by atoms with van der Waals surface area (Å²) >= 11 is 0. The number of rotatable bonds is 32. The van der Waals surface area contributed by atoms with Gasteiger partial charge in [-0.25, -0.2) is 4.58 Å². The van der Waals surface area contributed by atoms with Gasteiger partial charge in [-0.1, -0.05) is 230 Å². The maximum atomic E-state index is 12.1. The number of fused-ring (bicyclic) bond motifs is 4. The minimum absolute atomic E-state index is 0. The zero-order chi connectivity index (χ0) is 99.0. The molecule has 10 aromatic carbocycles. The van der Waals surface area contributed by atoms with Gasteiger partial charge >= 0.3 is 91.6 Å². The zero-order valence-corrected chi connectivity index (χ0v) is 85.7. The standard InChI is InChI=1S/C57H60B2N3O6.C56H58B2N3O6.K.O3S/c1-38(2)55(63)60-34-33-40-24-28-45(29-25-40)67-54-41(26-31-52-56(4,5)46-19-10-12-21-49(46)61(52)36-43-15-8-11-20-48(43)59(65)66)17-14-18-42(54)27-32-53-57(6,7)47-35-39(3)23-30-50(47)62(53)37-44-16-9-13-22-51(44)68-58-64;1-38(2)54(62)59-35-34-39-26-30-44(31-27-39)66-53-40(28-32-51-55(3,4)45-20-9-12-23-48(45)60(51)36-42-16-7-11-22-47(42)58(64)65)18-15-19-41(53)29-33-52-56(5,6)46-21-10-13-24-49(46)61(52)37-43-17-8-14-25-50(43)67-57-63;;1-4(2)3/h8-9,11-13,15-16,19-32,35,64-66H,1,14,17-18,33-34,36-37H2,2-7H3,(H,60,63);7-14,16-17,20-33,63-65H,1,15,18-19,34-37H2,2-6H3;;/q;;+1;/p+1. The van der Waals surface area contributed by atoms with E-state index in [0.717, 1.165) is 172 Å². The summed E-state index contributed by atoms with van der Waals surface area (Å²) in [4.78, 5) is 28.9. The van der Waals surface area contributed by atoms with Crippen molar-refractivity contribution in [3.8, 4) is 23.0 Å².